The van der Waals surface area contributed by atoms with Gasteiger partial charge in [0.1, 0.15) is 0 Å². The van der Waals surface area contributed by atoms with Gasteiger partial charge in [-0.2, -0.15) is 8.78 Å². The second-order valence-electron chi connectivity index (χ2n) is 3.19. The molecule has 0 aliphatic heterocycles. The van der Waals surface area contributed by atoms with Gasteiger partial charge >= 0.3 is 6.61 Å². The van der Waals surface area contributed by atoms with Crippen molar-refractivity contribution >= 4 is 22.5 Å². The SMILES string of the molecule is COc1cc2c(Cl)ccnc2cc1OC(F)F. The van der Waals surface area contributed by atoms with E-state index in [0.717, 1.165) is 0 Å². The van der Waals surface area contributed by atoms with Gasteiger partial charge in [0, 0.05) is 17.6 Å². The van der Waals surface area contributed by atoms with E-state index >= 15 is 0 Å². The van der Waals surface area contributed by atoms with E-state index in [2.05, 4.69) is 9.72 Å². The number of alkyl halides is 2. The summed E-state index contributed by atoms with van der Waals surface area (Å²) in [6.07, 6.45) is 1.49. The lowest BCUT2D eigenvalue weighted by atomic mass is 10.2. The lowest BCUT2D eigenvalue weighted by Crippen LogP contribution is -2.03. The maximum Gasteiger partial charge on any atom is 0.387 e. The van der Waals surface area contributed by atoms with E-state index in [1.165, 1.54) is 25.4 Å². The predicted molar refractivity (Wildman–Crippen MR) is 59.9 cm³/mol. The number of pyridine rings is 1. The van der Waals surface area contributed by atoms with Gasteiger partial charge in [0.25, 0.3) is 0 Å². The van der Waals surface area contributed by atoms with Gasteiger partial charge in [-0.3, -0.25) is 4.98 Å². The maximum absolute atomic E-state index is 12.2. The Hall–Kier alpha value is -1.62. The fourth-order valence-corrected chi connectivity index (χ4v) is 1.68. The van der Waals surface area contributed by atoms with Gasteiger partial charge in [-0.25, -0.2) is 0 Å². The van der Waals surface area contributed by atoms with Crippen molar-refractivity contribution in [1.29, 1.82) is 0 Å². The molecule has 90 valence electrons. The second-order valence-corrected chi connectivity index (χ2v) is 3.60. The molecular formula is C11H8ClF2NO2. The summed E-state index contributed by atoms with van der Waals surface area (Å²) in [5.74, 6) is 0.123. The molecule has 0 amide bonds. The Balaban J connectivity index is 2.60. The van der Waals surface area contributed by atoms with Gasteiger partial charge in [-0.1, -0.05) is 11.6 Å². The van der Waals surface area contributed by atoms with Crippen LogP contribution in [0.2, 0.25) is 5.02 Å². The average Bonchev–Trinajstić information content (AvgIpc) is 2.28. The normalized spacial score (nSPS) is 10.9. The summed E-state index contributed by atoms with van der Waals surface area (Å²) in [5, 5.41) is 1.09. The molecule has 0 aliphatic carbocycles. The highest BCUT2D eigenvalue weighted by atomic mass is 35.5. The topological polar surface area (TPSA) is 31.4 Å². The molecule has 0 unspecified atom stereocenters. The fraction of sp³-hybridized carbons (Fsp3) is 0.182. The Morgan fingerprint density at radius 1 is 1.29 bits per heavy atom. The highest BCUT2D eigenvalue weighted by Gasteiger charge is 2.13. The van der Waals surface area contributed by atoms with Crippen LogP contribution in [0.1, 0.15) is 0 Å². The Morgan fingerprint density at radius 3 is 2.71 bits per heavy atom. The summed E-state index contributed by atoms with van der Waals surface area (Å²) >= 11 is 5.96. The number of ether oxygens (including phenoxy) is 2. The first kappa shape index (κ1) is 11.9. The molecule has 2 rings (SSSR count). The summed E-state index contributed by atoms with van der Waals surface area (Å²) in [4.78, 5) is 4.02. The van der Waals surface area contributed by atoms with E-state index in [4.69, 9.17) is 16.3 Å². The zero-order valence-corrected chi connectivity index (χ0v) is 9.54. The molecule has 17 heavy (non-hydrogen) atoms. The van der Waals surface area contributed by atoms with Crippen LogP contribution in [0.4, 0.5) is 8.78 Å². The molecule has 3 nitrogen and oxygen atoms in total. The van der Waals surface area contributed by atoms with Crippen LogP contribution in [0, 0.1) is 0 Å². The van der Waals surface area contributed by atoms with Crippen LogP contribution in [-0.4, -0.2) is 18.7 Å². The van der Waals surface area contributed by atoms with Gasteiger partial charge in [0.05, 0.1) is 17.6 Å². The van der Waals surface area contributed by atoms with Crippen molar-refractivity contribution in [3.8, 4) is 11.5 Å². The number of halogens is 3. The molecule has 0 aliphatic rings. The minimum Gasteiger partial charge on any atom is -0.493 e. The number of benzene rings is 1. The molecular weight excluding hydrogens is 252 g/mol. The summed E-state index contributed by atoms with van der Waals surface area (Å²) in [5.41, 5.74) is 0.467. The third-order valence-electron chi connectivity index (χ3n) is 2.19. The van der Waals surface area contributed by atoms with Crippen LogP contribution in [0.25, 0.3) is 10.9 Å². The zero-order valence-electron chi connectivity index (χ0n) is 8.78. The predicted octanol–water partition coefficient (Wildman–Crippen LogP) is 3.50. The van der Waals surface area contributed by atoms with Crippen molar-refractivity contribution in [2.75, 3.05) is 7.11 Å². The largest absolute Gasteiger partial charge is 0.493 e. The third kappa shape index (κ3) is 2.39. The number of methoxy groups -OCH3 is 1. The summed E-state index contributed by atoms with van der Waals surface area (Å²) in [6.45, 7) is -2.92. The quantitative estimate of drug-likeness (QED) is 0.845. The maximum atomic E-state index is 12.2. The molecule has 0 spiro atoms. The van der Waals surface area contributed by atoms with Crippen molar-refractivity contribution in [2.24, 2.45) is 0 Å². The van der Waals surface area contributed by atoms with Gasteiger partial charge < -0.3 is 9.47 Å². The minimum absolute atomic E-state index is 0.0650. The second kappa shape index (κ2) is 4.71. The molecule has 0 saturated carbocycles. The van der Waals surface area contributed by atoms with E-state index in [1.54, 1.807) is 6.07 Å². The van der Waals surface area contributed by atoms with Gasteiger partial charge in [-0.15, -0.1) is 0 Å². The first-order chi connectivity index (χ1) is 8.11. The molecule has 1 heterocycles. The standard InChI is InChI=1S/C11H8ClF2NO2/c1-16-9-4-6-7(12)2-3-15-8(6)5-10(9)17-11(13)14/h2-5,11H,1H3. The van der Waals surface area contributed by atoms with Gasteiger partial charge in [0.2, 0.25) is 0 Å². The number of nitrogens with zero attached hydrogens (tertiary/aromatic N) is 1. The Bertz CT molecular complexity index is 548. The highest BCUT2D eigenvalue weighted by molar-refractivity contribution is 6.35. The zero-order chi connectivity index (χ0) is 12.4. The highest BCUT2D eigenvalue weighted by Crippen LogP contribution is 2.35. The molecule has 0 fully saturated rings. The average molecular weight is 260 g/mol. The summed E-state index contributed by atoms with van der Waals surface area (Å²) in [7, 11) is 1.36. The molecule has 0 atom stereocenters. The van der Waals surface area contributed by atoms with Crippen LogP contribution >= 0.6 is 11.6 Å². The van der Waals surface area contributed by atoms with Crippen molar-refractivity contribution in [3.63, 3.8) is 0 Å². The van der Waals surface area contributed by atoms with Crippen LogP contribution in [0.5, 0.6) is 11.5 Å². The molecule has 1 aromatic heterocycles. The first-order valence-corrected chi connectivity index (χ1v) is 5.06. The minimum atomic E-state index is -2.92. The van der Waals surface area contributed by atoms with E-state index < -0.39 is 6.61 Å². The van der Waals surface area contributed by atoms with E-state index in [1.807, 2.05) is 0 Å². The number of rotatable bonds is 3. The Kier molecular flexibility index (Phi) is 3.28. The monoisotopic (exact) mass is 259 g/mol. The van der Waals surface area contributed by atoms with Crippen LogP contribution in [0.15, 0.2) is 24.4 Å². The summed E-state index contributed by atoms with van der Waals surface area (Å²) < 4.78 is 33.7. The number of hydrogen-bond acceptors (Lipinski definition) is 3. The first-order valence-electron chi connectivity index (χ1n) is 4.69. The number of fused-ring (bicyclic) bond motifs is 1. The lowest BCUT2D eigenvalue weighted by Gasteiger charge is -2.11. The molecule has 0 saturated heterocycles. The number of hydrogen-bond donors (Lipinski definition) is 0. The third-order valence-corrected chi connectivity index (χ3v) is 2.52. The summed E-state index contributed by atoms with van der Waals surface area (Å²) in [6, 6.07) is 4.49. The molecule has 0 bridgehead atoms. The lowest BCUT2D eigenvalue weighted by molar-refractivity contribution is -0.0511. The van der Waals surface area contributed by atoms with Crippen molar-refractivity contribution < 1.29 is 18.3 Å². The Labute approximate surface area is 101 Å². The van der Waals surface area contributed by atoms with Gasteiger partial charge in [0.15, 0.2) is 11.5 Å². The smallest absolute Gasteiger partial charge is 0.387 e. The molecule has 2 aromatic rings. The van der Waals surface area contributed by atoms with Crippen LogP contribution in [-0.2, 0) is 0 Å². The van der Waals surface area contributed by atoms with Gasteiger partial charge in [-0.05, 0) is 12.1 Å². The van der Waals surface area contributed by atoms with E-state index in [0.29, 0.717) is 15.9 Å². The van der Waals surface area contributed by atoms with Crippen LogP contribution in [0.3, 0.4) is 0 Å². The van der Waals surface area contributed by atoms with E-state index in [9.17, 15) is 8.78 Å². The Morgan fingerprint density at radius 2 is 2.06 bits per heavy atom. The molecule has 0 N–H and O–H groups in total. The molecule has 6 heteroatoms. The van der Waals surface area contributed by atoms with Crippen LogP contribution < -0.4 is 9.47 Å². The molecule has 0 radical (unpaired) electrons. The van der Waals surface area contributed by atoms with Crippen molar-refractivity contribution in [3.05, 3.63) is 29.4 Å². The molecule has 1 aromatic carbocycles. The fourth-order valence-electron chi connectivity index (χ4n) is 1.47. The number of aromatic nitrogens is 1. The van der Waals surface area contributed by atoms with Crippen molar-refractivity contribution in [2.45, 2.75) is 6.61 Å². The van der Waals surface area contributed by atoms with Crippen molar-refractivity contribution in [1.82, 2.24) is 4.98 Å². The van der Waals surface area contributed by atoms with E-state index in [-0.39, 0.29) is 11.5 Å².